The largest absolute Gasteiger partial charge is 0.573 e. The van der Waals surface area contributed by atoms with Crippen LogP contribution in [0.4, 0.5) is 13.2 Å². The van der Waals surface area contributed by atoms with E-state index in [0.717, 1.165) is 0 Å². The second-order valence-corrected chi connectivity index (χ2v) is 8.60. The molecule has 2 aromatic carbocycles. The van der Waals surface area contributed by atoms with Gasteiger partial charge in [0, 0.05) is 16.3 Å². The summed E-state index contributed by atoms with van der Waals surface area (Å²) in [6.45, 7) is 7.31. The first-order chi connectivity index (χ1) is 14.3. The summed E-state index contributed by atoms with van der Waals surface area (Å²) in [4.78, 5) is 12.5. The predicted octanol–water partition coefficient (Wildman–Crippen LogP) is 5.74. The van der Waals surface area contributed by atoms with Crippen molar-refractivity contribution < 1.29 is 27.4 Å². The van der Waals surface area contributed by atoms with Gasteiger partial charge in [-0.1, -0.05) is 52.9 Å². The molecule has 2 rings (SSSR count). The summed E-state index contributed by atoms with van der Waals surface area (Å²) in [6, 6.07) is 11.6. The summed E-state index contributed by atoms with van der Waals surface area (Å²) in [5.41, 5.74) is 6.14. The van der Waals surface area contributed by atoms with Crippen molar-refractivity contribution in [2.24, 2.45) is 5.73 Å². The van der Waals surface area contributed by atoms with Crippen molar-refractivity contribution in [3.05, 3.63) is 77.0 Å². The van der Waals surface area contributed by atoms with E-state index in [0.29, 0.717) is 16.1 Å². The number of alkyl halides is 4. The van der Waals surface area contributed by atoms with Gasteiger partial charge in [0.2, 0.25) is 0 Å². The van der Waals surface area contributed by atoms with E-state index in [-0.39, 0.29) is 11.4 Å². The lowest BCUT2D eigenvalue weighted by Gasteiger charge is -2.37. The maximum atomic E-state index is 12.5. The van der Waals surface area contributed by atoms with E-state index in [1.807, 2.05) is 22.6 Å². The molecule has 2 unspecified atom stereocenters. The van der Waals surface area contributed by atoms with Crippen LogP contribution in [0.25, 0.3) is 0 Å². The molecule has 3 atom stereocenters. The Morgan fingerprint density at radius 1 is 1.16 bits per heavy atom. The summed E-state index contributed by atoms with van der Waals surface area (Å²) in [6.07, 6.45) is -5.34. The van der Waals surface area contributed by atoms with E-state index in [9.17, 15) is 18.0 Å². The highest BCUT2D eigenvalue weighted by Gasteiger charge is 2.38. The number of carbonyl (C=O) groups excluding carboxylic acids is 1. The van der Waals surface area contributed by atoms with Crippen molar-refractivity contribution in [2.75, 3.05) is 0 Å². The molecule has 2 aromatic rings. The summed E-state index contributed by atoms with van der Waals surface area (Å²) >= 11 is 7.80. The normalized spacial score (nSPS) is 15.5. The highest BCUT2D eigenvalue weighted by Crippen LogP contribution is 2.33. The highest BCUT2D eigenvalue weighted by atomic mass is 127. The molecular formula is C21H21ClF3IN2O3. The van der Waals surface area contributed by atoms with Gasteiger partial charge in [-0.15, -0.1) is 13.2 Å². The second kappa shape index (κ2) is 10.2. The molecule has 0 aromatic heterocycles. The molecule has 5 nitrogen and oxygen atoms in total. The van der Waals surface area contributed by atoms with Crippen LogP contribution in [0.3, 0.4) is 0 Å². The molecular weight excluding hydrogens is 548 g/mol. The van der Waals surface area contributed by atoms with Gasteiger partial charge in [0.15, 0.2) is 0 Å². The molecule has 0 aliphatic rings. The van der Waals surface area contributed by atoms with Gasteiger partial charge in [0.25, 0.3) is 5.91 Å². The van der Waals surface area contributed by atoms with Crippen LogP contribution in [0, 0.1) is 0 Å². The number of ether oxygens (including phenoxy) is 2. The smallest absolute Gasteiger partial charge is 0.406 e. The molecule has 0 aliphatic carbocycles. The summed E-state index contributed by atoms with van der Waals surface area (Å²) < 4.78 is 46.4. The molecule has 0 heterocycles. The Morgan fingerprint density at radius 2 is 1.71 bits per heavy atom. The zero-order chi connectivity index (χ0) is 23.4. The monoisotopic (exact) mass is 568 g/mol. The molecule has 0 fully saturated rings. The third-order valence-electron chi connectivity index (χ3n) is 4.50. The van der Waals surface area contributed by atoms with E-state index in [4.69, 9.17) is 22.1 Å². The van der Waals surface area contributed by atoms with Crippen LogP contribution in [-0.4, -0.2) is 21.9 Å². The van der Waals surface area contributed by atoms with Crippen LogP contribution in [0.2, 0.25) is 5.02 Å². The van der Waals surface area contributed by atoms with E-state index >= 15 is 0 Å². The van der Waals surface area contributed by atoms with Crippen LogP contribution in [0.1, 0.15) is 35.9 Å². The fourth-order valence-electron chi connectivity index (χ4n) is 2.61. The first-order valence-electron chi connectivity index (χ1n) is 9.01. The Labute approximate surface area is 196 Å². The summed E-state index contributed by atoms with van der Waals surface area (Å²) in [5, 5.41) is 3.20. The van der Waals surface area contributed by atoms with Crippen LogP contribution >= 0.6 is 34.2 Å². The molecule has 1 amide bonds. The number of nitrogens with one attached hydrogen (secondary N) is 1. The number of carbonyl (C=O) groups is 1. The average molecular weight is 569 g/mol. The van der Waals surface area contributed by atoms with Gasteiger partial charge < -0.3 is 20.5 Å². The Bertz CT molecular complexity index is 921. The highest BCUT2D eigenvalue weighted by molar-refractivity contribution is 14.1. The number of hydrogen-bond donors (Lipinski definition) is 2. The molecule has 0 bridgehead atoms. The van der Waals surface area contributed by atoms with Crippen molar-refractivity contribution in [3.8, 4) is 5.75 Å². The zero-order valence-corrected chi connectivity index (χ0v) is 19.6. The fourth-order valence-corrected chi connectivity index (χ4v) is 3.26. The zero-order valence-electron chi connectivity index (χ0n) is 16.7. The van der Waals surface area contributed by atoms with E-state index in [1.54, 1.807) is 38.1 Å². The molecule has 10 heteroatoms. The fraction of sp³-hybridized carbons (Fsp3) is 0.286. The molecule has 0 aliphatic heterocycles. The number of halogens is 5. The first kappa shape index (κ1) is 25.4. The Kier molecular flexibility index (Phi) is 8.37. The van der Waals surface area contributed by atoms with Crippen LogP contribution in [0.15, 0.2) is 60.8 Å². The van der Waals surface area contributed by atoms with E-state index in [2.05, 4.69) is 16.6 Å². The number of rotatable bonds is 8. The van der Waals surface area contributed by atoms with Crippen molar-refractivity contribution in [1.29, 1.82) is 0 Å². The summed E-state index contributed by atoms with van der Waals surface area (Å²) in [7, 11) is 0. The van der Waals surface area contributed by atoms with E-state index in [1.165, 1.54) is 24.3 Å². The predicted molar refractivity (Wildman–Crippen MR) is 121 cm³/mol. The maximum Gasteiger partial charge on any atom is 0.573 e. The lowest BCUT2D eigenvalue weighted by atomic mass is 10.0. The number of amides is 1. The third kappa shape index (κ3) is 7.09. The molecule has 3 N–H and O–H groups in total. The quantitative estimate of drug-likeness (QED) is 0.242. The van der Waals surface area contributed by atoms with Gasteiger partial charge in [-0.05, 0) is 55.8 Å². The van der Waals surface area contributed by atoms with Crippen molar-refractivity contribution in [2.45, 2.75) is 36.0 Å². The minimum absolute atomic E-state index is 0.234. The average Bonchev–Trinajstić information content (AvgIpc) is 2.67. The van der Waals surface area contributed by atoms with Crippen molar-refractivity contribution in [1.82, 2.24) is 5.32 Å². The summed E-state index contributed by atoms with van der Waals surface area (Å²) in [5.74, 6) is -0.744. The van der Waals surface area contributed by atoms with Crippen molar-refractivity contribution >= 4 is 40.1 Å². The van der Waals surface area contributed by atoms with Crippen molar-refractivity contribution in [3.63, 3.8) is 0 Å². The Balaban J connectivity index is 2.13. The molecule has 168 valence electrons. The Hall–Kier alpha value is -1.82. The standard InChI is InChI=1S/C21H21ClF3IN2O3/c1-12(14-6-10-17(11-7-14)31-21(23,24)25)30-20(3,19(26)27)13(2)28-18(29)15-4-8-16(22)9-5-15/h4-12,19H,2,27H2,1,3H3,(H,28,29)/t12?,19-,20?/m1/s1. The van der Waals surface area contributed by atoms with Gasteiger partial charge >= 0.3 is 6.36 Å². The number of hydrogen-bond acceptors (Lipinski definition) is 4. The minimum atomic E-state index is -4.77. The minimum Gasteiger partial charge on any atom is -0.406 e. The topological polar surface area (TPSA) is 73.6 Å². The van der Waals surface area contributed by atoms with Gasteiger partial charge in [0.1, 0.15) is 11.4 Å². The van der Waals surface area contributed by atoms with Gasteiger partial charge in [-0.2, -0.15) is 0 Å². The lowest BCUT2D eigenvalue weighted by molar-refractivity contribution is -0.274. The Morgan fingerprint density at radius 3 is 2.19 bits per heavy atom. The second-order valence-electron chi connectivity index (χ2n) is 6.83. The molecule has 0 saturated carbocycles. The van der Waals surface area contributed by atoms with Gasteiger partial charge in [0.05, 0.1) is 10.2 Å². The molecule has 0 spiro atoms. The van der Waals surface area contributed by atoms with Crippen LogP contribution in [0.5, 0.6) is 5.75 Å². The van der Waals surface area contributed by atoms with Gasteiger partial charge in [-0.25, -0.2) is 0 Å². The SMILES string of the molecule is C=C(NC(=O)c1ccc(Cl)cc1)C(C)(OC(C)c1ccc(OC(F)(F)F)cc1)[C@@H](N)I. The van der Waals surface area contributed by atoms with Crippen LogP contribution < -0.4 is 15.8 Å². The molecule has 0 saturated heterocycles. The van der Waals surface area contributed by atoms with Crippen LogP contribution in [-0.2, 0) is 4.74 Å². The third-order valence-corrected chi connectivity index (χ3v) is 5.94. The lowest BCUT2D eigenvalue weighted by Crippen LogP contribution is -2.50. The first-order valence-corrected chi connectivity index (χ1v) is 10.6. The van der Waals surface area contributed by atoms with Gasteiger partial charge in [-0.3, -0.25) is 4.79 Å². The molecule has 31 heavy (non-hydrogen) atoms. The maximum absolute atomic E-state index is 12.5. The van der Waals surface area contributed by atoms with E-state index < -0.39 is 28.0 Å². The molecule has 0 radical (unpaired) electrons. The number of nitrogens with two attached hydrogens (primary N) is 1. The number of benzene rings is 2.